The third-order valence-electron chi connectivity index (χ3n) is 7.12. The number of benzene rings is 2. The van der Waals surface area contributed by atoms with Crippen molar-refractivity contribution in [2.45, 2.75) is 36.7 Å². The number of anilines is 1. The Morgan fingerprint density at radius 2 is 1.71 bits per heavy atom. The Labute approximate surface area is 229 Å². The van der Waals surface area contributed by atoms with Gasteiger partial charge in [0.25, 0.3) is 17.4 Å². The summed E-state index contributed by atoms with van der Waals surface area (Å²) in [7, 11) is 3.31. The first-order chi connectivity index (χ1) is 17.8. The van der Waals surface area contributed by atoms with E-state index >= 15 is 0 Å². The van der Waals surface area contributed by atoms with Crippen molar-refractivity contribution in [3.05, 3.63) is 63.6 Å². The lowest BCUT2D eigenvalue weighted by Crippen LogP contribution is -2.62. The second-order valence-corrected chi connectivity index (χ2v) is 10.8. The van der Waals surface area contributed by atoms with Crippen LogP contribution in [0.15, 0.2) is 42.5 Å². The molecule has 2 aromatic rings. The van der Waals surface area contributed by atoms with Crippen LogP contribution in [-0.2, 0) is 10.4 Å². The van der Waals surface area contributed by atoms with E-state index in [1.165, 1.54) is 17.0 Å². The normalized spacial score (nSPS) is 19.0. The maximum atomic E-state index is 14.0. The highest BCUT2D eigenvalue weighted by molar-refractivity contribution is 6.34. The number of aliphatic hydroxyl groups is 1. The number of alkyl halides is 3. The van der Waals surface area contributed by atoms with Gasteiger partial charge in [-0.05, 0) is 43.2 Å². The lowest BCUT2D eigenvalue weighted by molar-refractivity contribution is -0.262. The van der Waals surface area contributed by atoms with E-state index in [0.29, 0.717) is 23.4 Å². The lowest BCUT2D eigenvalue weighted by Gasteiger charge is -2.48. The molecule has 4 rings (SSSR count). The molecule has 2 aliphatic heterocycles. The number of amides is 2. The number of nitrogens with one attached hydrogen (secondary N) is 1. The van der Waals surface area contributed by atoms with Crippen LogP contribution in [-0.4, -0.2) is 90.2 Å². The molecule has 7 nitrogen and oxygen atoms in total. The average Bonchev–Trinajstić information content (AvgIpc) is 2.84. The number of rotatable bonds is 6. The monoisotopic (exact) mass is 572 g/mol. The summed E-state index contributed by atoms with van der Waals surface area (Å²) >= 11 is 12.1. The van der Waals surface area contributed by atoms with Crippen molar-refractivity contribution in [1.82, 2.24) is 14.7 Å². The highest BCUT2D eigenvalue weighted by atomic mass is 35.5. The van der Waals surface area contributed by atoms with Crippen molar-refractivity contribution >= 4 is 40.7 Å². The Balaban J connectivity index is 1.32. The number of carbonyl (C=O) groups excluding carboxylic acids is 2. The highest BCUT2D eigenvalue weighted by Crippen LogP contribution is 2.42. The summed E-state index contributed by atoms with van der Waals surface area (Å²) in [6.07, 6.45) is -4.22. The fourth-order valence-corrected chi connectivity index (χ4v) is 5.39. The fourth-order valence-electron chi connectivity index (χ4n) is 4.94. The fraction of sp³-hybridized carbons (Fsp3) is 0.462. The smallest absolute Gasteiger partial charge is 0.380 e. The van der Waals surface area contributed by atoms with Crippen molar-refractivity contribution < 1.29 is 27.9 Å². The molecule has 12 heteroatoms. The van der Waals surface area contributed by atoms with Crippen LogP contribution >= 0.6 is 23.2 Å². The molecule has 1 atom stereocenters. The van der Waals surface area contributed by atoms with E-state index < -0.39 is 23.2 Å². The van der Waals surface area contributed by atoms with Crippen LogP contribution in [0, 0.1) is 0 Å². The maximum Gasteiger partial charge on any atom is 0.430 e. The Morgan fingerprint density at radius 3 is 2.26 bits per heavy atom. The molecule has 0 saturated carbocycles. The van der Waals surface area contributed by atoms with E-state index in [1.807, 2.05) is 0 Å². The topological polar surface area (TPSA) is 76.1 Å². The first-order valence-electron chi connectivity index (χ1n) is 12.2. The summed E-state index contributed by atoms with van der Waals surface area (Å²) < 4.78 is 41.9. The predicted molar refractivity (Wildman–Crippen MR) is 139 cm³/mol. The quantitative estimate of drug-likeness (QED) is 0.541. The van der Waals surface area contributed by atoms with E-state index in [0.717, 1.165) is 35.8 Å². The van der Waals surface area contributed by atoms with E-state index in [1.54, 1.807) is 32.3 Å². The molecule has 0 aromatic heterocycles. The Hall–Kier alpha value is -2.53. The average molecular weight is 573 g/mol. The summed E-state index contributed by atoms with van der Waals surface area (Å²) in [5.41, 5.74) is -3.04. The van der Waals surface area contributed by atoms with Crippen LogP contribution < -0.4 is 5.32 Å². The molecule has 38 heavy (non-hydrogen) atoms. The van der Waals surface area contributed by atoms with E-state index in [2.05, 4.69) is 10.2 Å². The number of nitrogens with zero attached hydrogens (tertiary/aromatic N) is 3. The van der Waals surface area contributed by atoms with Gasteiger partial charge in [-0.2, -0.15) is 13.2 Å². The lowest BCUT2D eigenvalue weighted by atomic mass is 9.89. The highest BCUT2D eigenvalue weighted by Gasteiger charge is 2.62. The van der Waals surface area contributed by atoms with Gasteiger partial charge >= 0.3 is 6.18 Å². The Kier molecular flexibility index (Phi) is 8.18. The van der Waals surface area contributed by atoms with Crippen LogP contribution in [0.1, 0.15) is 28.8 Å². The molecule has 0 unspecified atom stereocenters. The molecule has 2 heterocycles. The van der Waals surface area contributed by atoms with Gasteiger partial charge in [0.05, 0.1) is 16.6 Å². The largest absolute Gasteiger partial charge is 0.430 e. The summed E-state index contributed by atoms with van der Waals surface area (Å²) in [5.74, 6) is -1.57. The first kappa shape index (κ1) is 28.5. The van der Waals surface area contributed by atoms with Crippen LogP contribution in [0.2, 0.25) is 10.0 Å². The summed E-state index contributed by atoms with van der Waals surface area (Å²) in [4.78, 5) is 29.9. The minimum absolute atomic E-state index is 0.00195. The van der Waals surface area contributed by atoms with E-state index in [-0.39, 0.29) is 36.1 Å². The van der Waals surface area contributed by atoms with Gasteiger partial charge in [0.15, 0.2) is 0 Å². The molecule has 2 N–H and O–H groups in total. The van der Waals surface area contributed by atoms with Crippen LogP contribution in [0.5, 0.6) is 0 Å². The van der Waals surface area contributed by atoms with Gasteiger partial charge in [-0.15, -0.1) is 0 Å². The zero-order valence-corrected chi connectivity index (χ0v) is 22.4. The molecule has 2 saturated heterocycles. The van der Waals surface area contributed by atoms with Gasteiger partial charge in [-0.3, -0.25) is 14.5 Å². The van der Waals surface area contributed by atoms with Gasteiger partial charge in [0.2, 0.25) is 0 Å². The number of likely N-dealkylation sites (tertiary alicyclic amines) is 2. The van der Waals surface area contributed by atoms with Crippen molar-refractivity contribution in [2.24, 2.45) is 0 Å². The first-order valence-corrected chi connectivity index (χ1v) is 12.9. The van der Waals surface area contributed by atoms with Gasteiger partial charge < -0.3 is 20.2 Å². The SMILES string of the molecule is CN(C)C(=O)c1ccc(NC2CN(C3CCN(C(=O)[C@@](O)(c4cccc(Cl)c4)C(F)(F)F)CC3)C2)cc1Cl. The van der Waals surface area contributed by atoms with Gasteiger partial charge in [-0.1, -0.05) is 35.3 Å². The molecular weight excluding hydrogens is 544 g/mol. The zero-order valence-electron chi connectivity index (χ0n) is 20.9. The van der Waals surface area contributed by atoms with Gasteiger partial charge in [0, 0.05) is 62.6 Å². The van der Waals surface area contributed by atoms with Crippen molar-refractivity contribution in [1.29, 1.82) is 0 Å². The molecule has 206 valence electrons. The number of halogens is 5. The molecule has 0 bridgehead atoms. The Bertz CT molecular complexity index is 1200. The minimum Gasteiger partial charge on any atom is -0.380 e. The van der Waals surface area contributed by atoms with Gasteiger partial charge in [-0.25, -0.2) is 0 Å². The molecule has 2 aromatic carbocycles. The second-order valence-electron chi connectivity index (χ2n) is 9.93. The third kappa shape index (κ3) is 5.59. The van der Waals surface area contributed by atoms with Crippen LogP contribution in [0.25, 0.3) is 0 Å². The number of hydrogen-bond donors (Lipinski definition) is 2. The number of carbonyl (C=O) groups is 2. The van der Waals surface area contributed by atoms with Gasteiger partial charge in [0.1, 0.15) is 0 Å². The molecule has 2 aliphatic rings. The minimum atomic E-state index is -5.21. The Morgan fingerprint density at radius 1 is 1.05 bits per heavy atom. The molecule has 2 amide bonds. The van der Waals surface area contributed by atoms with Crippen molar-refractivity contribution in [3.63, 3.8) is 0 Å². The number of hydrogen-bond acceptors (Lipinski definition) is 5. The summed E-state index contributed by atoms with van der Waals surface area (Å²) in [6.45, 7) is 1.66. The van der Waals surface area contributed by atoms with Crippen LogP contribution in [0.3, 0.4) is 0 Å². The van der Waals surface area contributed by atoms with Crippen molar-refractivity contribution in [2.75, 3.05) is 45.6 Å². The summed E-state index contributed by atoms with van der Waals surface area (Å²) in [6, 6.07) is 10.1. The molecule has 0 aliphatic carbocycles. The third-order valence-corrected chi connectivity index (χ3v) is 7.66. The molecular formula is C26H29Cl2F3N4O3. The second kappa shape index (κ2) is 10.9. The summed E-state index contributed by atoms with van der Waals surface area (Å²) in [5, 5.41) is 14.4. The zero-order chi connectivity index (χ0) is 27.8. The molecule has 2 fully saturated rings. The standard InChI is InChI=1S/C26H29Cl2F3N4O3/c1-33(2)23(36)21-7-6-18(13-22(21)28)32-19-14-35(15-19)20-8-10-34(11-9-20)24(37)25(38,26(29,30)31)16-4-3-5-17(27)12-16/h3-7,12-13,19-20,32,38H,8-11,14-15H2,1-2H3/t25-/m0/s1. The van der Waals surface area contributed by atoms with Crippen LogP contribution in [0.4, 0.5) is 18.9 Å². The molecule has 0 radical (unpaired) electrons. The van der Waals surface area contributed by atoms with E-state index in [4.69, 9.17) is 23.2 Å². The number of piperidine rings is 1. The van der Waals surface area contributed by atoms with Crippen molar-refractivity contribution in [3.8, 4) is 0 Å². The molecule has 0 spiro atoms. The maximum absolute atomic E-state index is 14.0. The predicted octanol–water partition coefficient (Wildman–Crippen LogP) is 4.23. The van der Waals surface area contributed by atoms with E-state index in [9.17, 15) is 27.9 Å².